The lowest BCUT2D eigenvalue weighted by Gasteiger charge is -2.47. The Morgan fingerprint density at radius 3 is 2.46 bits per heavy atom. The van der Waals surface area contributed by atoms with E-state index >= 15 is 0 Å². The molecule has 0 aromatic heterocycles. The monoisotopic (exact) mass is 808 g/mol. The van der Waals surface area contributed by atoms with Gasteiger partial charge in [-0.3, -0.25) is 25.1 Å². The molecule has 8 unspecified atom stereocenters. The number of ketones is 2. The molecule has 17 nitrogen and oxygen atoms in total. The van der Waals surface area contributed by atoms with Gasteiger partial charge >= 0.3 is 0 Å². The predicted octanol–water partition coefficient (Wildman–Crippen LogP) is 0.234. The Morgan fingerprint density at radius 2 is 1.69 bits per heavy atom. The lowest BCUT2D eigenvalue weighted by atomic mass is 9.79. The fraction of sp³-hybridized carbons (Fsp3) is 0.405. The Balaban J connectivity index is 1.29. The summed E-state index contributed by atoms with van der Waals surface area (Å²) in [4.78, 5) is 62.6. The number of carbonyl (C=O) groups is 4. The van der Waals surface area contributed by atoms with Crippen LogP contribution in [-0.4, -0.2) is 124 Å². The zero-order valence-electron chi connectivity index (χ0n) is 31.6. The molecule has 4 heterocycles. The summed E-state index contributed by atoms with van der Waals surface area (Å²) in [5, 5.41) is 55.5. The van der Waals surface area contributed by atoms with Gasteiger partial charge in [0.15, 0.2) is 29.7 Å². The van der Waals surface area contributed by atoms with E-state index in [1.165, 1.54) is 6.07 Å². The minimum atomic E-state index is -1.82. The standard InChI is InChI=1S/C42H41N5O12/c43-41-45-38-29(39(55)46-41)44-19-47(38)27-10-4-3-7-22(27)21-12-16-57-42(13-5-6-14-42)37-33(53)32(52)34(54)40(59-37)58-35-25(21)17-26-28(36(35)56-18-20(49)11-15-48)31(51)24-9-2-1-8-23(24)30(26)50/h1-4,7-10,15,17,20-21,32-34,37,40,49,52-54H,5-6,11-14,16,18-19H2,(H2,43,46,55)/p+1. The van der Waals surface area contributed by atoms with Gasteiger partial charge < -0.3 is 44.2 Å². The average molecular weight is 809 g/mol. The van der Waals surface area contributed by atoms with Crippen LogP contribution in [0.3, 0.4) is 0 Å². The number of ether oxygens (including phenoxy) is 4. The molecule has 1 saturated heterocycles. The molecule has 1 amide bonds. The van der Waals surface area contributed by atoms with E-state index in [1.807, 2.05) is 18.2 Å². The molecule has 3 aromatic rings. The molecule has 2 aliphatic carbocycles. The summed E-state index contributed by atoms with van der Waals surface area (Å²) in [5.74, 6) is -2.91. The number of aldehydes is 1. The highest BCUT2D eigenvalue weighted by Crippen LogP contribution is 2.50. The summed E-state index contributed by atoms with van der Waals surface area (Å²) in [6.07, 6.45) is -6.43. The third kappa shape index (κ3) is 6.49. The van der Waals surface area contributed by atoms with E-state index in [0.29, 0.717) is 35.3 Å². The van der Waals surface area contributed by atoms with Crippen molar-refractivity contribution >= 4 is 47.0 Å². The maximum atomic E-state index is 14.5. The van der Waals surface area contributed by atoms with Gasteiger partial charge in [0.1, 0.15) is 43.0 Å². The molecule has 9 rings (SSSR count). The second-order valence-corrected chi connectivity index (χ2v) is 15.6. The predicted molar refractivity (Wildman–Crippen MR) is 206 cm³/mol. The average Bonchev–Trinajstić information content (AvgIpc) is 3.89. The van der Waals surface area contributed by atoms with Gasteiger partial charge in [0.05, 0.1) is 17.3 Å². The summed E-state index contributed by atoms with van der Waals surface area (Å²) >= 11 is 0. The number of hydrogen-bond acceptors (Lipinski definition) is 14. The number of carbonyl (C=O) groups excluding carboxylic acids is 4. The van der Waals surface area contributed by atoms with Gasteiger partial charge in [-0.2, -0.15) is 4.99 Å². The van der Waals surface area contributed by atoms with E-state index in [-0.39, 0.29) is 82.9 Å². The molecule has 306 valence electrons. The fourth-order valence-electron chi connectivity index (χ4n) is 9.29. The van der Waals surface area contributed by atoms with Crippen LogP contribution in [0.25, 0.3) is 0 Å². The minimum absolute atomic E-state index is 0.0270. The van der Waals surface area contributed by atoms with Crippen LogP contribution < -0.4 is 19.7 Å². The largest absolute Gasteiger partial charge is 0.486 e. The van der Waals surface area contributed by atoms with Crippen molar-refractivity contribution in [2.45, 2.75) is 86.9 Å². The normalized spacial score (nSPS) is 28.8. The van der Waals surface area contributed by atoms with Gasteiger partial charge in [-0.05, 0) is 31.4 Å². The highest BCUT2D eigenvalue weighted by molar-refractivity contribution is 6.68. The molecule has 1 spiro atoms. The van der Waals surface area contributed by atoms with Crippen LogP contribution in [-0.2, 0) is 19.1 Å². The Morgan fingerprint density at radius 1 is 0.966 bits per heavy atom. The van der Waals surface area contributed by atoms with Crippen molar-refractivity contribution in [1.82, 2.24) is 5.32 Å². The number of rotatable bonds is 7. The molecule has 3 aromatic carbocycles. The highest BCUT2D eigenvalue weighted by atomic mass is 16.7. The summed E-state index contributed by atoms with van der Waals surface area (Å²) in [5.41, 5.74) is 0.591. The first-order chi connectivity index (χ1) is 28.5. The number of benzene rings is 3. The molecule has 17 heteroatoms. The van der Waals surface area contributed by atoms with Gasteiger partial charge in [0.2, 0.25) is 18.0 Å². The molecule has 0 radical (unpaired) electrons. The topological polar surface area (TPSA) is 251 Å². The van der Waals surface area contributed by atoms with E-state index in [0.717, 1.165) is 12.8 Å². The zero-order chi connectivity index (χ0) is 41.2. The van der Waals surface area contributed by atoms with Gasteiger partial charge in [-0.15, -0.1) is 0 Å². The lowest BCUT2D eigenvalue weighted by molar-refractivity contribution is -0.723. The number of nitrogens with one attached hydrogen (secondary N) is 3. The molecule has 2 fully saturated rings. The number of hydrogen-bond donors (Lipinski definition) is 7. The van der Waals surface area contributed by atoms with Crippen LogP contribution in [0, 0.1) is 5.41 Å². The van der Waals surface area contributed by atoms with E-state index < -0.39 is 72.4 Å². The maximum absolute atomic E-state index is 14.5. The van der Waals surface area contributed by atoms with Crippen LogP contribution in [0.1, 0.15) is 87.4 Å². The highest BCUT2D eigenvalue weighted by Gasteiger charge is 2.56. The molecule has 7 N–H and O–H groups in total. The number of aliphatic hydroxyl groups excluding tert-OH is 4. The Kier molecular flexibility index (Phi) is 10.1. The van der Waals surface area contributed by atoms with Crippen molar-refractivity contribution in [3.63, 3.8) is 0 Å². The molecular weight excluding hydrogens is 766 g/mol. The van der Waals surface area contributed by atoms with Crippen LogP contribution in [0.2, 0.25) is 0 Å². The van der Waals surface area contributed by atoms with Crippen LogP contribution in [0.15, 0.2) is 64.6 Å². The van der Waals surface area contributed by atoms with E-state index in [1.54, 1.807) is 30.3 Å². The van der Waals surface area contributed by atoms with Crippen molar-refractivity contribution in [2.24, 2.45) is 9.98 Å². The second kappa shape index (κ2) is 15.3. The third-order valence-corrected chi connectivity index (χ3v) is 12.1. The second-order valence-electron chi connectivity index (χ2n) is 15.6. The van der Waals surface area contributed by atoms with Gasteiger partial charge in [-0.1, -0.05) is 55.3 Å². The smallest absolute Gasteiger partial charge is 0.284 e. The first-order valence-electron chi connectivity index (χ1n) is 19.6. The molecule has 6 aliphatic rings. The first kappa shape index (κ1) is 39.0. The van der Waals surface area contributed by atoms with E-state index in [9.17, 15) is 39.6 Å². The summed E-state index contributed by atoms with van der Waals surface area (Å²) in [7, 11) is 0. The number of amidine groups is 1. The van der Waals surface area contributed by atoms with E-state index in [2.05, 4.69) is 15.3 Å². The number of quaternary nitrogens is 1. The molecule has 2 bridgehead atoms. The number of guanidine groups is 1. The quantitative estimate of drug-likeness (QED) is 0.124. The van der Waals surface area contributed by atoms with Gasteiger partial charge in [0.25, 0.3) is 11.7 Å². The Labute approximate surface area is 336 Å². The lowest BCUT2D eigenvalue weighted by Crippen LogP contribution is -3.09. The third-order valence-electron chi connectivity index (χ3n) is 12.1. The Bertz CT molecular complexity index is 2340. The van der Waals surface area contributed by atoms with Crippen molar-refractivity contribution in [3.05, 3.63) is 88.0 Å². The summed E-state index contributed by atoms with van der Waals surface area (Å²) in [6.45, 7) is -0.385. The number of nitrogens with zero attached hydrogens (tertiary/aromatic N) is 2. The zero-order valence-corrected chi connectivity index (χ0v) is 31.6. The van der Waals surface area contributed by atoms with Crippen molar-refractivity contribution in [2.75, 3.05) is 19.9 Å². The number of aliphatic hydroxyl groups is 4. The SMILES string of the molecule is N=C1N=C2C(=NC[NH+]2c2ccccc2C2CCOC3(CCCC3)C3OC(Oc4c2cc2c(c4OCC(O)CC=O)C(=O)c4ccccc4C2=O)C(O)C(O)C3O)C(=O)N1. The van der Waals surface area contributed by atoms with E-state index in [4.69, 9.17) is 24.4 Å². The summed E-state index contributed by atoms with van der Waals surface area (Å²) in [6, 6.07) is 15.2. The first-order valence-corrected chi connectivity index (χ1v) is 19.6. The Hall–Kier alpha value is -5.53. The van der Waals surface area contributed by atoms with Crippen molar-refractivity contribution in [1.29, 1.82) is 5.41 Å². The molecule has 8 atom stereocenters. The fourth-order valence-corrected chi connectivity index (χ4v) is 9.29. The number of para-hydroxylation sites is 1. The van der Waals surface area contributed by atoms with Gasteiger partial charge in [0, 0.05) is 46.8 Å². The number of amides is 1. The molecule has 4 aliphatic heterocycles. The van der Waals surface area contributed by atoms with Crippen molar-refractivity contribution in [3.8, 4) is 11.5 Å². The minimum Gasteiger partial charge on any atom is -0.486 e. The molecule has 59 heavy (non-hydrogen) atoms. The van der Waals surface area contributed by atoms with Gasteiger partial charge in [-0.25, -0.2) is 9.89 Å². The molecular formula is C42H42N5O12+. The van der Waals surface area contributed by atoms with Crippen LogP contribution >= 0.6 is 0 Å². The molecule has 1 saturated carbocycles. The maximum Gasteiger partial charge on any atom is 0.284 e. The number of aliphatic imine (C=N–C) groups is 2. The van der Waals surface area contributed by atoms with Crippen LogP contribution in [0.5, 0.6) is 11.5 Å². The number of fused-ring (bicyclic) bond motifs is 7. The van der Waals surface area contributed by atoms with Crippen LogP contribution in [0.4, 0.5) is 5.69 Å². The summed E-state index contributed by atoms with van der Waals surface area (Å²) < 4.78 is 26.1. The van der Waals surface area contributed by atoms with Crippen molar-refractivity contribution < 1.29 is 63.5 Å².